The van der Waals surface area contributed by atoms with Gasteiger partial charge in [0.2, 0.25) is 0 Å². The molecule has 0 aromatic carbocycles. The Labute approximate surface area is 74.3 Å². The smallest absolute Gasteiger partial charge is 0.322 e. The van der Waals surface area contributed by atoms with E-state index in [0.717, 1.165) is 12.8 Å². The third kappa shape index (κ3) is 4.34. The molecule has 3 heteroatoms. The highest BCUT2D eigenvalue weighted by Gasteiger charge is 2.16. The Bertz CT molecular complexity index is 136. The van der Waals surface area contributed by atoms with E-state index in [0.29, 0.717) is 12.5 Å². The number of carbonyl (C=O) groups is 1. The zero-order valence-electron chi connectivity index (χ0n) is 8.17. The summed E-state index contributed by atoms with van der Waals surface area (Å²) in [5.41, 5.74) is 5.61. The van der Waals surface area contributed by atoms with Crippen LogP contribution >= 0.6 is 0 Å². The third-order valence-corrected chi connectivity index (χ3v) is 1.94. The first-order chi connectivity index (χ1) is 5.61. The van der Waals surface area contributed by atoms with Crippen molar-refractivity contribution in [2.24, 2.45) is 11.7 Å². The van der Waals surface area contributed by atoms with Gasteiger partial charge in [0.1, 0.15) is 6.04 Å². The molecule has 12 heavy (non-hydrogen) atoms. The zero-order chi connectivity index (χ0) is 9.56. The maximum Gasteiger partial charge on any atom is 0.322 e. The summed E-state index contributed by atoms with van der Waals surface area (Å²) in [6.45, 7) is 6.36. The van der Waals surface area contributed by atoms with E-state index in [4.69, 9.17) is 10.5 Å². The molecule has 72 valence electrons. The summed E-state index contributed by atoms with van der Waals surface area (Å²) >= 11 is 0. The van der Waals surface area contributed by atoms with E-state index in [9.17, 15) is 4.79 Å². The van der Waals surface area contributed by atoms with Gasteiger partial charge in [0.15, 0.2) is 0 Å². The molecule has 0 aliphatic heterocycles. The SMILES string of the molecule is CCOC(=O)C(N)CC(C)CC. The van der Waals surface area contributed by atoms with Gasteiger partial charge in [-0.2, -0.15) is 0 Å². The first-order valence-electron chi connectivity index (χ1n) is 4.54. The van der Waals surface area contributed by atoms with Crippen molar-refractivity contribution in [2.45, 2.75) is 39.7 Å². The molecule has 0 aliphatic carbocycles. The molecule has 2 atom stereocenters. The van der Waals surface area contributed by atoms with E-state index < -0.39 is 6.04 Å². The van der Waals surface area contributed by atoms with Crippen molar-refractivity contribution in [3.8, 4) is 0 Å². The molecule has 2 N–H and O–H groups in total. The largest absolute Gasteiger partial charge is 0.465 e. The summed E-state index contributed by atoms with van der Waals surface area (Å²) in [7, 11) is 0. The standard InChI is InChI=1S/C9H19NO2/c1-4-7(3)6-8(10)9(11)12-5-2/h7-8H,4-6,10H2,1-3H3. The summed E-state index contributed by atoms with van der Waals surface area (Å²) < 4.78 is 4.79. The number of esters is 1. The van der Waals surface area contributed by atoms with Crippen LogP contribution in [0.25, 0.3) is 0 Å². The first kappa shape index (κ1) is 11.4. The molecule has 0 radical (unpaired) electrons. The van der Waals surface area contributed by atoms with Gasteiger partial charge in [-0.05, 0) is 19.3 Å². The predicted octanol–water partition coefficient (Wildman–Crippen LogP) is 1.31. The molecule has 0 fully saturated rings. The molecule has 3 nitrogen and oxygen atoms in total. The number of rotatable bonds is 5. The average Bonchev–Trinajstić information content (AvgIpc) is 2.04. The molecule has 0 aromatic heterocycles. The number of hydrogen-bond acceptors (Lipinski definition) is 3. The Morgan fingerprint density at radius 3 is 2.50 bits per heavy atom. The van der Waals surface area contributed by atoms with Crippen LogP contribution in [0, 0.1) is 5.92 Å². The normalized spacial score (nSPS) is 15.3. The van der Waals surface area contributed by atoms with Gasteiger partial charge in [-0.1, -0.05) is 20.3 Å². The zero-order valence-corrected chi connectivity index (χ0v) is 8.17. The number of hydrogen-bond donors (Lipinski definition) is 1. The van der Waals surface area contributed by atoms with Crippen molar-refractivity contribution in [1.82, 2.24) is 0 Å². The Morgan fingerprint density at radius 1 is 1.50 bits per heavy atom. The third-order valence-electron chi connectivity index (χ3n) is 1.94. The minimum atomic E-state index is -0.445. The van der Waals surface area contributed by atoms with Crippen LogP contribution in [-0.2, 0) is 9.53 Å². The number of carbonyl (C=O) groups excluding carboxylic acids is 1. The van der Waals surface area contributed by atoms with Crippen molar-refractivity contribution in [3.05, 3.63) is 0 Å². The molecule has 2 unspecified atom stereocenters. The highest BCUT2D eigenvalue weighted by molar-refractivity contribution is 5.75. The number of nitrogens with two attached hydrogens (primary N) is 1. The van der Waals surface area contributed by atoms with Crippen LogP contribution in [0.3, 0.4) is 0 Å². The van der Waals surface area contributed by atoms with Gasteiger partial charge >= 0.3 is 5.97 Å². The molecule has 0 amide bonds. The summed E-state index contributed by atoms with van der Waals surface area (Å²) in [6.07, 6.45) is 1.77. The van der Waals surface area contributed by atoms with Gasteiger partial charge in [0.25, 0.3) is 0 Å². The fourth-order valence-corrected chi connectivity index (χ4v) is 0.946. The average molecular weight is 173 g/mol. The molecule has 0 bridgehead atoms. The van der Waals surface area contributed by atoms with Gasteiger partial charge in [0.05, 0.1) is 6.61 Å². The van der Waals surface area contributed by atoms with E-state index in [1.54, 1.807) is 6.92 Å². The highest BCUT2D eigenvalue weighted by atomic mass is 16.5. The molecular formula is C9H19NO2. The highest BCUT2D eigenvalue weighted by Crippen LogP contribution is 2.09. The predicted molar refractivity (Wildman–Crippen MR) is 48.7 cm³/mol. The van der Waals surface area contributed by atoms with Crippen LogP contribution in [0.15, 0.2) is 0 Å². The Morgan fingerprint density at radius 2 is 2.08 bits per heavy atom. The van der Waals surface area contributed by atoms with Crippen molar-refractivity contribution >= 4 is 5.97 Å². The minimum Gasteiger partial charge on any atom is -0.465 e. The lowest BCUT2D eigenvalue weighted by Crippen LogP contribution is -2.33. The second-order valence-corrected chi connectivity index (χ2v) is 3.11. The summed E-state index contributed by atoms with van der Waals surface area (Å²) in [5, 5.41) is 0. The van der Waals surface area contributed by atoms with Crippen LogP contribution < -0.4 is 5.73 Å². The maximum absolute atomic E-state index is 11.0. The van der Waals surface area contributed by atoms with Crippen molar-refractivity contribution in [3.63, 3.8) is 0 Å². The molecule has 0 rings (SSSR count). The van der Waals surface area contributed by atoms with E-state index >= 15 is 0 Å². The molecule has 0 spiro atoms. The topological polar surface area (TPSA) is 52.3 Å². The monoisotopic (exact) mass is 173 g/mol. The van der Waals surface area contributed by atoms with E-state index in [2.05, 4.69) is 13.8 Å². The van der Waals surface area contributed by atoms with Gasteiger partial charge < -0.3 is 10.5 Å². The van der Waals surface area contributed by atoms with Gasteiger partial charge in [-0.25, -0.2) is 0 Å². The summed E-state index contributed by atoms with van der Waals surface area (Å²) in [5.74, 6) is 0.210. The summed E-state index contributed by atoms with van der Waals surface area (Å²) in [4.78, 5) is 11.0. The lowest BCUT2D eigenvalue weighted by Gasteiger charge is -2.14. The molecule has 0 saturated heterocycles. The quantitative estimate of drug-likeness (QED) is 0.638. The van der Waals surface area contributed by atoms with Crippen molar-refractivity contribution < 1.29 is 9.53 Å². The Balaban J connectivity index is 3.70. The lowest BCUT2D eigenvalue weighted by atomic mass is 10.0. The van der Waals surface area contributed by atoms with Crippen LogP contribution in [0.1, 0.15) is 33.6 Å². The van der Waals surface area contributed by atoms with Crippen LogP contribution in [-0.4, -0.2) is 18.6 Å². The van der Waals surface area contributed by atoms with E-state index in [-0.39, 0.29) is 5.97 Å². The molecule has 0 aliphatic rings. The lowest BCUT2D eigenvalue weighted by molar-refractivity contribution is -0.145. The molecule has 0 heterocycles. The van der Waals surface area contributed by atoms with Gasteiger partial charge in [-0.3, -0.25) is 4.79 Å². The van der Waals surface area contributed by atoms with Crippen molar-refractivity contribution in [1.29, 1.82) is 0 Å². The first-order valence-corrected chi connectivity index (χ1v) is 4.54. The Kier molecular flexibility index (Phi) is 5.72. The second kappa shape index (κ2) is 6.00. The fraction of sp³-hybridized carbons (Fsp3) is 0.889. The second-order valence-electron chi connectivity index (χ2n) is 3.11. The molecule has 0 aromatic rings. The Hall–Kier alpha value is -0.570. The number of ether oxygens (including phenoxy) is 1. The van der Waals surface area contributed by atoms with Gasteiger partial charge in [0, 0.05) is 0 Å². The van der Waals surface area contributed by atoms with E-state index in [1.807, 2.05) is 0 Å². The van der Waals surface area contributed by atoms with Crippen LogP contribution in [0.5, 0.6) is 0 Å². The fourth-order valence-electron chi connectivity index (χ4n) is 0.946. The van der Waals surface area contributed by atoms with Crippen LogP contribution in [0.4, 0.5) is 0 Å². The van der Waals surface area contributed by atoms with E-state index in [1.165, 1.54) is 0 Å². The van der Waals surface area contributed by atoms with Crippen molar-refractivity contribution in [2.75, 3.05) is 6.61 Å². The van der Waals surface area contributed by atoms with Gasteiger partial charge in [-0.15, -0.1) is 0 Å². The summed E-state index contributed by atoms with van der Waals surface area (Å²) in [6, 6.07) is -0.445. The molecule has 0 saturated carbocycles. The molecular weight excluding hydrogens is 154 g/mol. The minimum absolute atomic E-state index is 0.280. The maximum atomic E-state index is 11.0. The van der Waals surface area contributed by atoms with Crippen LogP contribution in [0.2, 0.25) is 0 Å².